The molecule has 0 aromatic carbocycles. The lowest BCUT2D eigenvalue weighted by atomic mass is 9.99. The van der Waals surface area contributed by atoms with E-state index in [9.17, 15) is 4.79 Å². The Balaban J connectivity index is 1.64. The molecule has 3 atom stereocenters. The van der Waals surface area contributed by atoms with E-state index in [-0.39, 0.29) is 24.0 Å². The van der Waals surface area contributed by atoms with E-state index in [2.05, 4.69) is 10.00 Å². The number of carbonyl (C=O) groups excluding carboxylic acids is 1. The lowest BCUT2D eigenvalue weighted by molar-refractivity contribution is -0.136. The molecule has 2 aliphatic rings. The maximum absolute atomic E-state index is 12.2. The van der Waals surface area contributed by atoms with Crippen molar-refractivity contribution in [3.63, 3.8) is 0 Å². The Kier molecular flexibility index (Phi) is 3.52. The van der Waals surface area contributed by atoms with Gasteiger partial charge in [0.05, 0.1) is 24.3 Å². The Morgan fingerprint density at radius 3 is 2.95 bits per heavy atom. The number of aryl methyl sites for hydroxylation is 1. The number of morpholine rings is 1. The summed E-state index contributed by atoms with van der Waals surface area (Å²) in [5, 5.41) is 4.20. The van der Waals surface area contributed by atoms with Gasteiger partial charge in [-0.2, -0.15) is 5.10 Å². The molecule has 0 N–H and O–H groups in total. The van der Waals surface area contributed by atoms with E-state index < -0.39 is 0 Å². The monoisotopic (exact) mass is 278 g/mol. The molecule has 1 aromatic heterocycles. The molecular formula is C14H22N4O2. The highest BCUT2D eigenvalue weighted by Crippen LogP contribution is 2.33. The van der Waals surface area contributed by atoms with Crippen molar-refractivity contribution < 1.29 is 9.53 Å². The second-order valence-corrected chi connectivity index (χ2v) is 6.09. The average Bonchev–Trinajstić information content (AvgIpc) is 2.92. The van der Waals surface area contributed by atoms with Crippen LogP contribution in [-0.4, -0.2) is 64.9 Å². The van der Waals surface area contributed by atoms with Crippen LogP contribution in [0.25, 0.3) is 0 Å². The predicted molar refractivity (Wildman–Crippen MR) is 73.9 cm³/mol. The minimum Gasteiger partial charge on any atom is -0.371 e. The van der Waals surface area contributed by atoms with Crippen LogP contribution in [0.5, 0.6) is 0 Å². The molecule has 0 aliphatic carbocycles. The van der Waals surface area contributed by atoms with E-state index in [1.165, 1.54) is 5.56 Å². The molecule has 6 heteroatoms. The van der Waals surface area contributed by atoms with Gasteiger partial charge in [-0.25, -0.2) is 0 Å². The quantitative estimate of drug-likeness (QED) is 0.787. The third kappa shape index (κ3) is 2.58. The number of aromatic nitrogens is 2. The number of likely N-dealkylation sites (tertiary alicyclic amines) is 1. The fourth-order valence-electron chi connectivity index (χ4n) is 3.27. The van der Waals surface area contributed by atoms with E-state index in [0.717, 1.165) is 26.1 Å². The van der Waals surface area contributed by atoms with Crippen molar-refractivity contribution >= 4 is 5.91 Å². The number of ether oxygens (including phenoxy) is 1. The minimum absolute atomic E-state index is 0.0221. The van der Waals surface area contributed by atoms with E-state index in [0.29, 0.717) is 0 Å². The zero-order valence-corrected chi connectivity index (χ0v) is 12.3. The number of carbonyl (C=O) groups is 1. The van der Waals surface area contributed by atoms with Crippen LogP contribution in [0.3, 0.4) is 0 Å². The van der Waals surface area contributed by atoms with Crippen LogP contribution in [0.2, 0.25) is 0 Å². The molecule has 2 fully saturated rings. The summed E-state index contributed by atoms with van der Waals surface area (Å²) in [6, 6.07) is 0. The molecule has 0 radical (unpaired) electrons. The number of nitrogens with zero attached hydrogens (tertiary/aromatic N) is 4. The summed E-state index contributed by atoms with van der Waals surface area (Å²) < 4.78 is 7.77. The van der Waals surface area contributed by atoms with Crippen LogP contribution >= 0.6 is 0 Å². The van der Waals surface area contributed by atoms with Gasteiger partial charge in [0.15, 0.2) is 0 Å². The van der Waals surface area contributed by atoms with Gasteiger partial charge in [-0.05, 0) is 6.42 Å². The van der Waals surface area contributed by atoms with Crippen LogP contribution in [0.15, 0.2) is 12.4 Å². The molecule has 1 amide bonds. The molecule has 2 aliphatic heterocycles. The third-order valence-corrected chi connectivity index (χ3v) is 4.16. The Morgan fingerprint density at radius 1 is 1.50 bits per heavy atom. The third-order valence-electron chi connectivity index (χ3n) is 4.16. The van der Waals surface area contributed by atoms with Gasteiger partial charge in [0, 0.05) is 52.5 Å². The highest BCUT2D eigenvalue weighted by atomic mass is 16.5. The normalized spacial score (nSPS) is 29.6. The predicted octanol–water partition coefficient (Wildman–Crippen LogP) is 0.0976. The summed E-state index contributed by atoms with van der Waals surface area (Å²) >= 11 is 0. The first-order valence-corrected chi connectivity index (χ1v) is 7.09. The van der Waals surface area contributed by atoms with E-state index in [1.807, 2.05) is 38.2 Å². The van der Waals surface area contributed by atoms with Gasteiger partial charge in [0.1, 0.15) is 0 Å². The fraction of sp³-hybridized carbons (Fsp3) is 0.714. The second kappa shape index (κ2) is 5.18. The van der Waals surface area contributed by atoms with Crippen LogP contribution in [0.1, 0.15) is 12.0 Å². The smallest absolute Gasteiger partial charge is 0.227 e. The lowest BCUT2D eigenvalue weighted by Crippen LogP contribution is -2.44. The van der Waals surface area contributed by atoms with Gasteiger partial charge in [-0.1, -0.05) is 0 Å². The summed E-state index contributed by atoms with van der Waals surface area (Å²) in [5.74, 6) is 0.217. The van der Waals surface area contributed by atoms with E-state index in [1.54, 1.807) is 4.90 Å². The summed E-state index contributed by atoms with van der Waals surface area (Å²) in [5.41, 5.74) is 1.21. The van der Waals surface area contributed by atoms with Crippen LogP contribution < -0.4 is 0 Å². The average molecular weight is 278 g/mol. The Labute approximate surface area is 119 Å². The molecule has 3 rings (SSSR count). The van der Waals surface area contributed by atoms with Crippen molar-refractivity contribution in [2.45, 2.75) is 25.2 Å². The summed E-state index contributed by atoms with van der Waals surface area (Å²) in [6.07, 6.45) is 5.03. The standard InChI is InChI=1S/C14H22N4O2/c1-16(2)14(19)12-4-11-8-18(9-13(12)20-11)7-10-5-15-17(3)6-10/h5-6,11-13H,4,7-9H2,1-3H3. The largest absolute Gasteiger partial charge is 0.371 e. The SMILES string of the molecule is CN(C)C(=O)C1CC2CN(Cc3cnn(C)c3)CC1O2. The molecule has 1 aromatic rings. The highest BCUT2D eigenvalue weighted by Gasteiger charge is 2.44. The summed E-state index contributed by atoms with van der Waals surface area (Å²) in [4.78, 5) is 16.2. The maximum Gasteiger partial charge on any atom is 0.227 e. The summed E-state index contributed by atoms with van der Waals surface area (Å²) in [7, 11) is 5.56. The molecule has 3 heterocycles. The van der Waals surface area contributed by atoms with Gasteiger partial charge in [-0.3, -0.25) is 14.4 Å². The van der Waals surface area contributed by atoms with Gasteiger partial charge < -0.3 is 9.64 Å². The lowest BCUT2D eigenvalue weighted by Gasteiger charge is -2.32. The number of fused-ring (bicyclic) bond motifs is 2. The van der Waals surface area contributed by atoms with Gasteiger partial charge in [0.2, 0.25) is 5.91 Å². The van der Waals surface area contributed by atoms with Crippen molar-refractivity contribution in [3.8, 4) is 0 Å². The highest BCUT2D eigenvalue weighted by molar-refractivity contribution is 5.79. The van der Waals surface area contributed by atoms with Crippen molar-refractivity contribution in [3.05, 3.63) is 18.0 Å². The number of hydrogen-bond donors (Lipinski definition) is 0. The zero-order valence-electron chi connectivity index (χ0n) is 12.3. The Bertz CT molecular complexity index is 499. The van der Waals surface area contributed by atoms with Crippen LogP contribution in [0, 0.1) is 5.92 Å². The molecule has 2 saturated heterocycles. The summed E-state index contributed by atoms with van der Waals surface area (Å²) in [6.45, 7) is 2.62. The second-order valence-electron chi connectivity index (χ2n) is 6.09. The molecule has 110 valence electrons. The first kappa shape index (κ1) is 13.6. The van der Waals surface area contributed by atoms with Gasteiger partial charge in [0.25, 0.3) is 0 Å². The topological polar surface area (TPSA) is 50.6 Å². The molecule has 3 unspecified atom stereocenters. The van der Waals surface area contributed by atoms with Gasteiger partial charge in [-0.15, -0.1) is 0 Å². The van der Waals surface area contributed by atoms with Crippen molar-refractivity contribution in [2.75, 3.05) is 27.2 Å². The van der Waals surface area contributed by atoms with Crippen molar-refractivity contribution in [2.24, 2.45) is 13.0 Å². The van der Waals surface area contributed by atoms with E-state index in [4.69, 9.17) is 4.74 Å². The van der Waals surface area contributed by atoms with Crippen LogP contribution in [-0.2, 0) is 23.1 Å². The first-order valence-electron chi connectivity index (χ1n) is 7.09. The molecule has 20 heavy (non-hydrogen) atoms. The molecule has 0 saturated carbocycles. The molecule has 6 nitrogen and oxygen atoms in total. The minimum atomic E-state index is 0.0221. The number of rotatable bonds is 3. The molecule has 0 spiro atoms. The van der Waals surface area contributed by atoms with Crippen molar-refractivity contribution in [1.29, 1.82) is 0 Å². The number of amides is 1. The zero-order chi connectivity index (χ0) is 14.3. The van der Waals surface area contributed by atoms with Crippen molar-refractivity contribution in [1.82, 2.24) is 19.6 Å². The number of hydrogen-bond acceptors (Lipinski definition) is 4. The fourth-order valence-corrected chi connectivity index (χ4v) is 3.27. The first-order chi connectivity index (χ1) is 9.52. The Hall–Kier alpha value is -1.40. The molecule has 2 bridgehead atoms. The van der Waals surface area contributed by atoms with Crippen LogP contribution in [0.4, 0.5) is 0 Å². The van der Waals surface area contributed by atoms with Gasteiger partial charge >= 0.3 is 0 Å². The maximum atomic E-state index is 12.2. The molecular weight excluding hydrogens is 256 g/mol. The Morgan fingerprint density at radius 2 is 2.30 bits per heavy atom. The van der Waals surface area contributed by atoms with E-state index >= 15 is 0 Å².